The minimum absolute atomic E-state index is 0.109. The first kappa shape index (κ1) is 17.9. The number of amides is 1. The molecule has 0 aliphatic carbocycles. The van der Waals surface area contributed by atoms with E-state index >= 15 is 0 Å². The van der Waals surface area contributed by atoms with Gasteiger partial charge in [0.2, 0.25) is 5.89 Å². The molecule has 3 aromatic rings. The third-order valence-corrected chi connectivity index (χ3v) is 4.46. The number of nitrogens with zero attached hydrogens (tertiary/aromatic N) is 2. The number of carbonyl (C=O) groups is 1. The number of rotatable bonds is 5. The molecule has 0 saturated heterocycles. The fraction of sp³-hybridized carbons (Fsp3) is 0.286. The SMILES string of the molecule is Cc1cc(C(=O)NCCc2nc(-c3ccccc3)oc2C)c(C)nc1C. The summed E-state index contributed by atoms with van der Waals surface area (Å²) < 4.78 is 5.76. The van der Waals surface area contributed by atoms with E-state index in [1.807, 2.05) is 64.1 Å². The number of nitrogens with one attached hydrogen (secondary N) is 1. The minimum atomic E-state index is -0.109. The molecule has 1 amide bonds. The van der Waals surface area contributed by atoms with E-state index in [0.29, 0.717) is 24.4 Å². The quantitative estimate of drug-likeness (QED) is 0.757. The molecule has 0 bridgehead atoms. The molecule has 2 heterocycles. The highest BCUT2D eigenvalue weighted by Gasteiger charge is 2.14. The molecule has 26 heavy (non-hydrogen) atoms. The van der Waals surface area contributed by atoms with Crippen LogP contribution in [0.2, 0.25) is 0 Å². The standard InChI is InChI=1S/C21H23N3O2/c1-13-12-18(15(3)23-14(13)2)20(25)22-11-10-19-16(4)26-21(24-19)17-8-6-5-7-9-17/h5-9,12H,10-11H2,1-4H3,(H,22,25). The van der Waals surface area contributed by atoms with Crippen molar-refractivity contribution in [3.8, 4) is 11.5 Å². The number of hydrogen-bond acceptors (Lipinski definition) is 4. The van der Waals surface area contributed by atoms with E-state index in [0.717, 1.165) is 34.0 Å². The molecule has 134 valence electrons. The number of aromatic nitrogens is 2. The number of hydrogen-bond donors (Lipinski definition) is 1. The average Bonchev–Trinajstić information content (AvgIpc) is 3.00. The van der Waals surface area contributed by atoms with Crippen molar-refractivity contribution in [2.45, 2.75) is 34.1 Å². The normalized spacial score (nSPS) is 10.8. The van der Waals surface area contributed by atoms with Crippen LogP contribution in [0, 0.1) is 27.7 Å². The molecule has 1 aromatic carbocycles. The largest absolute Gasteiger partial charge is 0.441 e. The Morgan fingerprint density at radius 3 is 2.50 bits per heavy atom. The second-order valence-corrected chi connectivity index (χ2v) is 6.42. The van der Waals surface area contributed by atoms with Crippen LogP contribution in [0.25, 0.3) is 11.5 Å². The summed E-state index contributed by atoms with van der Waals surface area (Å²) in [5.74, 6) is 1.28. The summed E-state index contributed by atoms with van der Waals surface area (Å²) in [5.41, 5.74) is 5.14. The molecule has 0 aliphatic rings. The lowest BCUT2D eigenvalue weighted by molar-refractivity contribution is 0.0953. The average molecular weight is 349 g/mol. The van der Waals surface area contributed by atoms with Gasteiger partial charge in [0.15, 0.2) is 0 Å². The van der Waals surface area contributed by atoms with Crippen molar-refractivity contribution in [2.24, 2.45) is 0 Å². The highest BCUT2D eigenvalue weighted by Crippen LogP contribution is 2.21. The summed E-state index contributed by atoms with van der Waals surface area (Å²) in [4.78, 5) is 21.4. The van der Waals surface area contributed by atoms with Crippen LogP contribution in [-0.4, -0.2) is 22.4 Å². The maximum absolute atomic E-state index is 12.4. The first-order valence-electron chi connectivity index (χ1n) is 8.70. The first-order chi connectivity index (χ1) is 12.5. The van der Waals surface area contributed by atoms with Crippen molar-refractivity contribution >= 4 is 5.91 Å². The lowest BCUT2D eigenvalue weighted by atomic mass is 10.1. The Balaban J connectivity index is 1.64. The summed E-state index contributed by atoms with van der Waals surface area (Å²) in [5, 5.41) is 2.95. The molecule has 5 heteroatoms. The Kier molecular flexibility index (Phi) is 5.16. The van der Waals surface area contributed by atoms with Gasteiger partial charge in [-0.2, -0.15) is 0 Å². The maximum Gasteiger partial charge on any atom is 0.253 e. The number of benzene rings is 1. The lowest BCUT2D eigenvalue weighted by Crippen LogP contribution is -2.27. The van der Waals surface area contributed by atoms with Crippen LogP contribution in [-0.2, 0) is 6.42 Å². The van der Waals surface area contributed by atoms with Gasteiger partial charge in [-0.25, -0.2) is 4.98 Å². The molecule has 5 nitrogen and oxygen atoms in total. The van der Waals surface area contributed by atoms with E-state index in [1.54, 1.807) is 0 Å². The van der Waals surface area contributed by atoms with Crippen LogP contribution in [0.15, 0.2) is 40.8 Å². The van der Waals surface area contributed by atoms with Gasteiger partial charge in [-0.1, -0.05) is 18.2 Å². The van der Waals surface area contributed by atoms with E-state index in [9.17, 15) is 4.79 Å². The summed E-state index contributed by atoms with van der Waals surface area (Å²) in [6.45, 7) is 8.15. The van der Waals surface area contributed by atoms with Gasteiger partial charge in [-0.15, -0.1) is 0 Å². The minimum Gasteiger partial charge on any atom is -0.441 e. The summed E-state index contributed by atoms with van der Waals surface area (Å²) in [6.07, 6.45) is 0.616. The second-order valence-electron chi connectivity index (χ2n) is 6.42. The van der Waals surface area contributed by atoms with E-state index in [4.69, 9.17) is 4.42 Å². The van der Waals surface area contributed by atoms with Crippen molar-refractivity contribution in [1.29, 1.82) is 0 Å². The fourth-order valence-electron chi connectivity index (χ4n) is 2.81. The third-order valence-electron chi connectivity index (χ3n) is 4.46. The molecular formula is C21H23N3O2. The zero-order valence-electron chi connectivity index (χ0n) is 15.6. The van der Waals surface area contributed by atoms with Crippen LogP contribution < -0.4 is 5.32 Å². The van der Waals surface area contributed by atoms with Gasteiger partial charge in [0.25, 0.3) is 5.91 Å². The summed E-state index contributed by atoms with van der Waals surface area (Å²) in [6, 6.07) is 11.7. The van der Waals surface area contributed by atoms with Crippen LogP contribution >= 0.6 is 0 Å². The smallest absolute Gasteiger partial charge is 0.253 e. The highest BCUT2D eigenvalue weighted by molar-refractivity contribution is 5.95. The van der Waals surface area contributed by atoms with Gasteiger partial charge in [0.1, 0.15) is 5.76 Å². The van der Waals surface area contributed by atoms with Crippen LogP contribution in [0.5, 0.6) is 0 Å². The molecule has 0 atom stereocenters. The Labute approximate surface area is 153 Å². The summed E-state index contributed by atoms with van der Waals surface area (Å²) >= 11 is 0. The monoisotopic (exact) mass is 349 g/mol. The first-order valence-corrected chi connectivity index (χ1v) is 8.70. The molecule has 0 saturated carbocycles. The van der Waals surface area contributed by atoms with Crippen LogP contribution in [0.3, 0.4) is 0 Å². The van der Waals surface area contributed by atoms with Crippen molar-refractivity contribution in [3.05, 3.63) is 70.4 Å². The van der Waals surface area contributed by atoms with Gasteiger partial charge in [-0.05, 0) is 51.5 Å². The molecule has 0 spiro atoms. The Hall–Kier alpha value is -2.95. The predicted molar refractivity (Wildman–Crippen MR) is 101 cm³/mol. The van der Waals surface area contributed by atoms with E-state index in [2.05, 4.69) is 15.3 Å². The third kappa shape index (κ3) is 3.82. The molecule has 1 N–H and O–H groups in total. The van der Waals surface area contributed by atoms with Crippen molar-refractivity contribution in [1.82, 2.24) is 15.3 Å². The predicted octanol–water partition coefficient (Wildman–Crippen LogP) is 3.94. The number of aryl methyl sites for hydroxylation is 4. The van der Waals surface area contributed by atoms with E-state index in [1.165, 1.54) is 0 Å². The Bertz CT molecular complexity index is 930. The number of pyridine rings is 1. The fourth-order valence-corrected chi connectivity index (χ4v) is 2.81. The van der Waals surface area contributed by atoms with E-state index in [-0.39, 0.29) is 5.91 Å². The summed E-state index contributed by atoms with van der Waals surface area (Å²) in [7, 11) is 0. The molecule has 3 rings (SSSR count). The van der Waals surface area contributed by atoms with Crippen LogP contribution in [0.1, 0.15) is 38.8 Å². The maximum atomic E-state index is 12.4. The van der Waals surface area contributed by atoms with Gasteiger partial charge < -0.3 is 9.73 Å². The highest BCUT2D eigenvalue weighted by atomic mass is 16.4. The molecule has 0 radical (unpaired) electrons. The number of oxazole rings is 1. The van der Waals surface area contributed by atoms with Crippen molar-refractivity contribution in [2.75, 3.05) is 6.54 Å². The second kappa shape index (κ2) is 7.52. The van der Waals surface area contributed by atoms with Crippen LogP contribution in [0.4, 0.5) is 0 Å². The van der Waals surface area contributed by atoms with Gasteiger partial charge in [0, 0.05) is 24.2 Å². The zero-order chi connectivity index (χ0) is 18.7. The zero-order valence-corrected chi connectivity index (χ0v) is 15.6. The molecule has 0 unspecified atom stereocenters. The van der Waals surface area contributed by atoms with E-state index < -0.39 is 0 Å². The molecular weight excluding hydrogens is 326 g/mol. The van der Waals surface area contributed by atoms with Gasteiger partial charge in [-0.3, -0.25) is 9.78 Å². The molecule has 2 aromatic heterocycles. The van der Waals surface area contributed by atoms with Crippen molar-refractivity contribution in [3.63, 3.8) is 0 Å². The topological polar surface area (TPSA) is 68.0 Å². The molecule has 0 aliphatic heterocycles. The van der Waals surface area contributed by atoms with Gasteiger partial charge in [0.05, 0.1) is 17.0 Å². The Morgan fingerprint density at radius 2 is 1.77 bits per heavy atom. The Morgan fingerprint density at radius 1 is 1.04 bits per heavy atom. The van der Waals surface area contributed by atoms with Crippen molar-refractivity contribution < 1.29 is 9.21 Å². The molecule has 0 fully saturated rings. The van der Waals surface area contributed by atoms with Gasteiger partial charge >= 0.3 is 0 Å². The lowest BCUT2D eigenvalue weighted by Gasteiger charge is -2.09. The number of carbonyl (C=O) groups excluding carboxylic acids is 1.